The Morgan fingerprint density at radius 3 is 2.73 bits per heavy atom. The van der Waals surface area contributed by atoms with Gasteiger partial charge in [-0.25, -0.2) is 0 Å². The Balaban J connectivity index is 2.16. The lowest BCUT2D eigenvalue weighted by molar-refractivity contribution is 0.0296. The summed E-state index contributed by atoms with van der Waals surface area (Å²) in [5.41, 5.74) is 0.111. The Morgan fingerprint density at radius 1 is 1.53 bits per heavy atom. The standard InChI is InChI=1S/C9H13N3O3/c1-11-6-7(13)8(10-11)9(14)12-2-4-15-5-3-12/h6,13H,2-5H2,1H3. The number of carbonyl (C=O) groups excluding carboxylic acids is 1. The fraction of sp³-hybridized carbons (Fsp3) is 0.556. The number of hydrogen-bond donors (Lipinski definition) is 1. The predicted molar refractivity (Wildman–Crippen MR) is 51.6 cm³/mol. The highest BCUT2D eigenvalue weighted by Crippen LogP contribution is 2.16. The van der Waals surface area contributed by atoms with Crippen LogP contribution in [0.3, 0.4) is 0 Å². The molecule has 6 heteroatoms. The van der Waals surface area contributed by atoms with Gasteiger partial charge in [-0.05, 0) is 0 Å². The summed E-state index contributed by atoms with van der Waals surface area (Å²) >= 11 is 0. The number of aromatic hydroxyl groups is 1. The Kier molecular flexibility index (Phi) is 2.59. The normalized spacial score (nSPS) is 16.7. The predicted octanol–water partition coefficient (Wildman–Crippen LogP) is -0.402. The smallest absolute Gasteiger partial charge is 0.278 e. The van der Waals surface area contributed by atoms with Gasteiger partial charge in [-0.1, -0.05) is 0 Å². The molecule has 0 unspecified atom stereocenters. The fourth-order valence-corrected chi connectivity index (χ4v) is 1.54. The second kappa shape index (κ2) is 3.90. The summed E-state index contributed by atoms with van der Waals surface area (Å²) in [6, 6.07) is 0. The Bertz CT molecular complexity index is 369. The summed E-state index contributed by atoms with van der Waals surface area (Å²) < 4.78 is 6.56. The highest BCUT2D eigenvalue weighted by molar-refractivity contribution is 5.94. The van der Waals surface area contributed by atoms with Gasteiger partial charge in [0.25, 0.3) is 5.91 Å². The zero-order chi connectivity index (χ0) is 10.8. The van der Waals surface area contributed by atoms with Crippen molar-refractivity contribution in [3.05, 3.63) is 11.9 Å². The maximum Gasteiger partial charge on any atom is 0.278 e. The van der Waals surface area contributed by atoms with Crippen LogP contribution in [0, 0.1) is 0 Å². The topological polar surface area (TPSA) is 67.6 Å². The van der Waals surface area contributed by atoms with Crippen molar-refractivity contribution in [3.63, 3.8) is 0 Å². The maximum absolute atomic E-state index is 11.9. The lowest BCUT2D eigenvalue weighted by Crippen LogP contribution is -2.40. The molecule has 82 valence electrons. The van der Waals surface area contributed by atoms with Crippen molar-refractivity contribution in [3.8, 4) is 5.75 Å². The number of morpholine rings is 1. The molecule has 0 aromatic carbocycles. The first-order chi connectivity index (χ1) is 7.18. The van der Waals surface area contributed by atoms with Crippen LogP contribution in [0.1, 0.15) is 10.5 Å². The lowest BCUT2D eigenvalue weighted by Gasteiger charge is -2.25. The summed E-state index contributed by atoms with van der Waals surface area (Å²) in [7, 11) is 1.66. The van der Waals surface area contributed by atoms with Crippen LogP contribution in [0.15, 0.2) is 6.20 Å². The minimum Gasteiger partial charge on any atom is -0.504 e. The van der Waals surface area contributed by atoms with Crippen molar-refractivity contribution in [1.29, 1.82) is 0 Å². The van der Waals surface area contributed by atoms with Crippen molar-refractivity contribution in [2.75, 3.05) is 26.3 Å². The summed E-state index contributed by atoms with van der Waals surface area (Å²) in [5.74, 6) is -0.314. The second-order valence-corrected chi connectivity index (χ2v) is 3.44. The zero-order valence-electron chi connectivity index (χ0n) is 8.51. The van der Waals surface area contributed by atoms with Gasteiger partial charge >= 0.3 is 0 Å². The molecule has 0 radical (unpaired) electrons. The van der Waals surface area contributed by atoms with E-state index in [0.717, 1.165) is 0 Å². The van der Waals surface area contributed by atoms with Crippen LogP contribution in [-0.2, 0) is 11.8 Å². The van der Waals surface area contributed by atoms with E-state index in [9.17, 15) is 9.90 Å². The van der Waals surface area contributed by atoms with E-state index in [-0.39, 0.29) is 17.4 Å². The highest BCUT2D eigenvalue weighted by Gasteiger charge is 2.23. The van der Waals surface area contributed by atoms with Gasteiger partial charge in [0.05, 0.1) is 19.4 Å². The first-order valence-corrected chi connectivity index (χ1v) is 4.78. The minimum atomic E-state index is -0.239. The molecule has 1 aliphatic heterocycles. The third kappa shape index (κ3) is 1.94. The van der Waals surface area contributed by atoms with E-state index in [4.69, 9.17) is 4.74 Å². The molecule has 1 fully saturated rings. The van der Waals surface area contributed by atoms with E-state index < -0.39 is 0 Å². The molecule has 1 amide bonds. The molecule has 0 atom stereocenters. The van der Waals surface area contributed by atoms with Gasteiger partial charge in [-0.2, -0.15) is 5.10 Å². The van der Waals surface area contributed by atoms with Gasteiger partial charge in [-0.15, -0.1) is 0 Å². The Morgan fingerprint density at radius 2 is 2.20 bits per heavy atom. The molecule has 0 aliphatic carbocycles. The van der Waals surface area contributed by atoms with Crippen molar-refractivity contribution in [1.82, 2.24) is 14.7 Å². The summed E-state index contributed by atoms with van der Waals surface area (Å²) in [6.45, 7) is 2.18. The van der Waals surface area contributed by atoms with E-state index in [0.29, 0.717) is 26.3 Å². The molecule has 6 nitrogen and oxygen atoms in total. The number of nitrogens with zero attached hydrogens (tertiary/aromatic N) is 3. The SMILES string of the molecule is Cn1cc(O)c(C(=O)N2CCOCC2)n1. The molecular weight excluding hydrogens is 198 g/mol. The van der Waals surface area contributed by atoms with Gasteiger partial charge in [0.1, 0.15) is 0 Å². The molecule has 1 aromatic rings. The molecule has 2 heterocycles. The molecule has 1 aliphatic rings. The van der Waals surface area contributed by atoms with Crippen LogP contribution in [0.5, 0.6) is 5.75 Å². The number of aromatic nitrogens is 2. The Labute approximate surface area is 87.1 Å². The number of ether oxygens (including phenoxy) is 1. The van der Waals surface area contributed by atoms with Crippen molar-refractivity contribution < 1.29 is 14.6 Å². The molecule has 2 rings (SSSR count). The van der Waals surface area contributed by atoms with Crippen molar-refractivity contribution in [2.24, 2.45) is 7.05 Å². The van der Waals surface area contributed by atoms with Crippen LogP contribution in [0.4, 0.5) is 0 Å². The van der Waals surface area contributed by atoms with Gasteiger partial charge in [0.15, 0.2) is 11.4 Å². The Hall–Kier alpha value is -1.56. The number of rotatable bonds is 1. The van der Waals surface area contributed by atoms with E-state index >= 15 is 0 Å². The molecule has 0 spiro atoms. The van der Waals surface area contributed by atoms with Gasteiger partial charge in [0, 0.05) is 20.1 Å². The maximum atomic E-state index is 11.9. The average Bonchev–Trinajstić information content (AvgIpc) is 2.58. The number of aryl methyl sites for hydroxylation is 1. The third-order valence-corrected chi connectivity index (χ3v) is 2.31. The number of hydrogen-bond acceptors (Lipinski definition) is 4. The molecule has 1 saturated heterocycles. The molecular formula is C9H13N3O3. The molecule has 1 N–H and O–H groups in total. The van der Waals surface area contributed by atoms with Crippen LogP contribution in [0.25, 0.3) is 0 Å². The van der Waals surface area contributed by atoms with Crippen LogP contribution < -0.4 is 0 Å². The average molecular weight is 211 g/mol. The first-order valence-electron chi connectivity index (χ1n) is 4.78. The molecule has 1 aromatic heterocycles. The van der Waals surface area contributed by atoms with E-state index in [1.54, 1.807) is 11.9 Å². The summed E-state index contributed by atoms with van der Waals surface area (Å²) in [5, 5.41) is 13.4. The highest BCUT2D eigenvalue weighted by atomic mass is 16.5. The molecule has 0 saturated carbocycles. The van der Waals surface area contributed by atoms with E-state index in [1.165, 1.54) is 10.9 Å². The second-order valence-electron chi connectivity index (χ2n) is 3.44. The number of carbonyl (C=O) groups is 1. The lowest BCUT2D eigenvalue weighted by atomic mass is 10.3. The number of amides is 1. The van der Waals surface area contributed by atoms with E-state index in [2.05, 4.69) is 5.10 Å². The fourth-order valence-electron chi connectivity index (χ4n) is 1.54. The van der Waals surface area contributed by atoms with Crippen molar-refractivity contribution >= 4 is 5.91 Å². The van der Waals surface area contributed by atoms with Crippen LogP contribution in [0.2, 0.25) is 0 Å². The van der Waals surface area contributed by atoms with Crippen LogP contribution >= 0.6 is 0 Å². The largest absolute Gasteiger partial charge is 0.504 e. The zero-order valence-corrected chi connectivity index (χ0v) is 8.51. The van der Waals surface area contributed by atoms with Gasteiger partial charge in [0.2, 0.25) is 0 Å². The monoisotopic (exact) mass is 211 g/mol. The minimum absolute atomic E-state index is 0.0750. The first kappa shape index (κ1) is 9.97. The third-order valence-electron chi connectivity index (χ3n) is 2.31. The molecule has 15 heavy (non-hydrogen) atoms. The summed E-state index contributed by atoms with van der Waals surface area (Å²) in [6.07, 6.45) is 1.41. The van der Waals surface area contributed by atoms with Gasteiger partial charge < -0.3 is 14.7 Å². The van der Waals surface area contributed by atoms with Gasteiger partial charge in [-0.3, -0.25) is 9.48 Å². The quantitative estimate of drug-likeness (QED) is 0.686. The van der Waals surface area contributed by atoms with Crippen LogP contribution in [-0.4, -0.2) is 52.0 Å². The molecule has 0 bridgehead atoms. The van der Waals surface area contributed by atoms with E-state index in [1.807, 2.05) is 0 Å². The van der Waals surface area contributed by atoms with Crippen molar-refractivity contribution in [2.45, 2.75) is 0 Å². The summed E-state index contributed by atoms with van der Waals surface area (Å²) in [4.78, 5) is 13.5.